The zero-order chi connectivity index (χ0) is 23.0. The van der Waals surface area contributed by atoms with Crippen LogP contribution < -0.4 is 25.2 Å². The van der Waals surface area contributed by atoms with Crippen LogP contribution in [0.3, 0.4) is 0 Å². The number of carbonyl (C=O) groups excluding carboxylic acids is 1. The van der Waals surface area contributed by atoms with Crippen molar-refractivity contribution in [2.75, 3.05) is 21.3 Å². The van der Waals surface area contributed by atoms with Crippen molar-refractivity contribution in [3.05, 3.63) is 51.3 Å². The summed E-state index contributed by atoms with van der Waals surface area (Å²) in [6, 6.07) is 9.09. The van der Waals surface area contributed by atoms with Crippen LogP contribution in [0.15, 0.2) is 45.0 Å². The molecule has 0 radical (unpaired) electrons. The molecule has 9 nitrogen and oxygen atoms in total. The van der Waals surface area contributed by atoms with Gasteiger partial charge in [-0.15, -0.1) is 0 Å². The van der Waals surface area contributed by atoms with Gasteiger partial charge in [-0.3, -0.25) is 13.9 Å². The Morgan fingerprint density at radius 1 is 0.938 bits per heavy atom. The number of imidazole rings is 1. The van der Waals surface area contributed by atoms with Crippen molar-refractivity contribution < 1.29 is 19.0 Å². The second-order valence-electron chi connectivity index (χ2n) is 7.02. The second-order valence-corrected chi connectivity index (χ2v) is 8.03. The van der Waals surface area contributed by atoms with Gasteiger partial charge in [-0.2, -0.15) is 0 Å². The second kappa shape index (κ2) is 8.46. The number of amides is 1. The van der Waals surface area contributed by atoms with Crippen molar-refractivity contribution in [2.24, 2.45) is 19.1 Å². The quantitative estimate of drug-likeness (QED) is 0.635. The number of methoxy groups -OCH3 is 3. The molecule has 4 rings (SSSR count). The molecule has 1 fully saturated rings. The molecule has 0 bridgehead atoms. The maximum Gasteiger partial charge on any atom is 0.328 e. The van der Waals surface area contributed by atoms with Crippen LogP contribution in [-0.4, -0.2) is 41.5 Å². The molecule has 1 N–H and O–H groups in total. The molecule has 166 valence electrons. The Morgan fingerprint density at radius 3 is 2.22 bits per heavy atom. The fourth-order valence-corrected chi connectivity index (χ4v) is 4.27. The van der Waals surface area contributed by atoms with Gasteiger partial charge < -0.3 is 19.5 Å². The summed E-state index contributed by atoms with van der Waals surface area (Å²) < 4.78 is 19.3. The normalized spacial score (nSPS) is 16.1. The number of nitrogens with zero attached hydrogens (tertiary/aromatic N) is 3. The van der Waals surface area contributed by atoms with E-state index >= 15 is 0 Å². The number of ether oxygens (including phenoxy) is 3. The van der Waals surface area contributed by atoms with Crippen molar-refractivity contribution in [3.63, 3.8) is 0 Å². The van der Waals surface area contributed by atoms with E-state index in [0.717, 1.165) is 28.4 Å². The van der Waals surface area contributed by atoms with Crippen molar-refractivity contribution in [2.45, 2.75) is 0 Å². The number of rotatable bonds is 5. The zero-order valence-corrected chi connectivity index (χ0v) is 19.1. The maximum atomic E-state index is 12.2. The molecular weight excluding hydrogens is 432 g/mol. The van der Waals surface area contributed by atoms with E-state index in [1.54, 1.807) is 35.4 Å². The number of aryl methyl sites for hydroxylation is 2. The number of hydrogen-bond donors (Lipinski definition) is 1. The van der Waals surface area contributed by atoms with Gasteiger partial charge in [0.2, 0.25) is 5.75 Å². The minimum atomic E-state index is -0.226. The van der Waals surface area contributed by atoms with Crippen molar-refractivity contribution in [1.29, 1.82) is 0 Å². The van der Waals surface area contributed by atoms with Crippen LogP contribution in [0, 0.1) is 0 Å². The van der Waals surface area contributed by atoms with Crippen LogP contribution in [0.4, 0.5) is 10.5 Å². The molecule has 2 aromatic carbocycles. The first-order chi connectivity index (χ1) is 15.4. The fourth-order valence-electron chi connectivity index (χ4n) is 3.54. The molecule has 0 saturated carbocycles. The number of thioether (sulfide) groups is 1. The van der Waals surface area contributed by atoms with Gasteiger partial charge in [-0.1, -0.05) is 6.07 Å². The zero-order valence-electron chi connectivity index (χ0n) is 18.3. The first-order valence-corrected chi connectivity index (χ1v) is 10.4. The highest BCUT2D eigenvalue weighted by Gasteiger charge is 2.24. The lowest BCUT2D eigenvalue weighted by molar-refractivity contribution is 0.265. The molecule has 1 aliphatic rings. The average molecular weight is 455 g/mol. The highest BCUT2D eigenvalue weighted by Crippen LogP contribution is 2.41. The average Bonchev–Trinajstić information content (AvgIpc) is 3.24. The summed E-state index contributed by atoms with van der Waals surface area (Å²) in [6.07, 6.45) is 1.86. The molecule has 2 heterocycles. The molecule has 32 heavy (non-hydrogen) atoms. The van der Waals surface area contributed by atoms with Gasteiger partial charge in [0.15, 0.2) is 11.5 Å². The number of nitrogens with one attached hydrogen (secondary N) is 1. The Bertz CT molecular complexity index is 1330. The summed E-state index contributed by atoms with van der Waals surface area (Å²) in [6.45, 7) is 0. The standard InChI is InChI=1S/C22H22N4O5S/c1-25-14-7-6-12(8-15(14)26(2)22(25)28)9-18-20(24-21(27)32-18)23-13-10-16(29-3)19(31-5)17(11-13)30-4/h6-11H,1-5H3,(H,23,24,27)/b18-9-. The molecule has 0 atom stereocenters. The van der Waals surface area contributed by atoms with E-state index in [-0.39, 0.29) is 10.9 Å². The predicted octanol–water partition coefficient (Wildman–Crippen LogP) is 3.43. The third-order valence-electron chi connectivity index (χ3n) is 5.14. The Balaban J connectivity index is 1.77. The lowest BCUT2D eigenvalue weighted by Crippen LogP contribution is -2.19. The molecule has 1 amide bonds. The summed E-state index contributed by atoms with van der Waals surface area (Å²) in [7, 11) is 8.05. The van der Waals surface area contributed by atoms with Crippen LogP contribution in [-0.2, 0) is 14.1 Å². The summed E-state index contributed by atoms with van der Waals surface area (Å²) in [5, 5.41) is 2.55. The highest BCUT2D eigenvalue weighted by atomic mass is 32.2. The van der Waals surface area contributed by atoms with E-state index in [9.17, 15) is 9.59 Å². The fraction of sp³-hybridized carbons (Fsp3) is 0.227. The Labute approximate surface area is 188 Å². The van der Waals surface area contributed by atoms with Crippen LogP contribution in [0.1, 0.15) is 5.56 Å². The lowest BCUT2D eigenvalue weighted by Gasteiger charge is -2.12. The van der Waals surface area contributed by atoms with E-state index in [1.165, 1.54) is 21.3 Å². The summed E-state index contributed by atoms with van der Waals surface area (Å²) in [5.41, 5.74) is 2.91. The number of carbonyl (C=O) groups is 1. The number of hydrogen-bond acceptors (Lipinski definition) is 7. The molecule has 0 aliphatic carbocycles. The van der Waals surface area contributed by atoms with Crippen LogP contribution in [0.5, 0.6) is 17.2 Å². The first kappa shape index (κ1) is 21.6. The Kier molecular flexibility index (Phi) is 5.70. The third kappa shape index (κ3) is 3.73. The monoisotopic (exact) mass is 454 g/mol. The van der Waals surface area contributed by atoms with E-state index < -0.39 is 0 Å². The van der Waals surface area contributed by atoms with E-state index in [1.807, 2.05) is 24.3 Å². The number of fused-ring (bicyclic) bond motifs is 1. The molecule has 0 unspecified atom stereocenters. The topological polar surface area (TPSA) is 96.1 Å². The van der Waals surface area contributed by atoms with Gasteiger partial charge in [0.05, 0.1) is 43.0 Å². The molecule has 10 heteroatoms. The third-order valence-corrected chi connectivity index (χ3v) is 5.96. The number of benzene rings is 2. The summed E-state index contributed by atoms with van der Waals surface area (Å²) in [5.74, 6) is 1.80. The Hall–Kier alpha value is -3.66. The van der Waals surface area contributed by atoms with E-state index in [0.29, 0.717) is 33.7 Å². The lowest BCUT2D eigenvalue weighted by atomic mass is 10.2. The van der Waals surface area contributed by atoms with Crippen molar-refractivity contribution in [3.8, 4) is 17.2 Å². The smallest absolute Gasteiger partial charge is 0.328 e. The van der Waals surface area contributed by atoms with Gasteiger partial charge in [0.25, 0.3) is 5.24 Å². The maximum absolute atomic E-state index is 12.2. The van der Waals surface area contributed by atoms with Crippen molar-refractivity contribution >= 4 is 45.6 Å². The van der Waals surface area contributed by atoms with Gasteiger partial charge >= 0.3 is 5.69 Å². The SMILES string of the molecule is COc1cc(N=C2NC(=O)S/C2=C\c2ccc3c(c2)n(C)c(=O)n3C)cc(OC)c1OC. The number of aliphatic imine (C=N–C) groups is 1. The highest BCUT2D eigenvalue weighted by molar-refractivity contribution is 8.18. The molecule has 1 aromatic heterocycles. The van der Waals surface area contributed by atoms with Gasteiger partial charge in [0.1, 0.15) is 5.84 Å². The van der Waals surface area contributed by atoms with E-state index in [4.69, 9.17) is 14.2 Å². The molecule has 1 saturated heterocycles. The van der Waals surface area contributed by atoms with Crippen LogP contribution >= 0.6 is 11.8 Å². The van der Waals surface area contributed by atoms with Crippen LogP contribution in [0.25, 0.3) is 17.1 Å². The first-order valence-electron chi connectivity index (χ1n) is 9.61. The van der Waals surface area contributed by atoms with E-state index in [2.05, 4.69) is 10.3 Å². The minimum absolute atomic E-state index is 0.0958. The Morgan fingerprint density at radius 2 is 1.59 bits per heavy atom. The van der Waals surface area contributed by atoms with Gasteiger partial charge in [0, 0.05) is 26.2 Å². The number of amidine groups is 1. The van der Waals surface area contributed by atoms with Gasteiger partial charge in [-0.05, 0) is 35.5 Å². The summed E-state index contributed by atoms with van der Waals surface area (Å²) >= 11 is 1.05. The minimum Gasteiger partial charge on any atom is -0.493 e. The summed E-state index contributed by atoms with van der Waals surface area (Å²) in [4.78, 5) is 29.6. The van der Waals surface area contributed by atoms with Crippen LogP contribution in [0.2, 0.25) is 0 Å². The molecule has 1 aliphatic heterocycles. The molecular formula is C22H22N4O5S. The largest absolute Gasteiger partial charge is 0.493 e. The predicted molar refractivity (Wildman–Crippen MR) is 125 cm³/mol. The van der Waals surface area contributed by atoms with Gasteiger partial charge in [-0.25, -0.2) is 9.79 Å². The van der Waals surface area contributed by atoms with Crippen molar-refractivity contribution in [1.82, 2.24) is 14.5 Å². The molecule has 3 aromatic rings. The molecule has 0 spiro atoms. The number of aromatic nitrogens is 2.